The molecule has 0 amide bonds. The van der Waals surface area contributed by atoms with E-state index in [-0.39, 0.29) is 11.8 Å². The van der Waals surface area contributed by atoms with Crippen molar-refractivity contribution >= 4 is 5.95 Å². The predicted molar refractivity (Wildman–Crippen MR) is 50.3 cm³/mol. The molecule has 0 radical (unpaired) electrons. The highest BCUT2D eigenvalue weighted by molar-refractivity contribution is 5.53. The molecule has 0 aliphatic rings. The first kappa shape index (κ1) is 9.25. The predicted octanol–water partition coefficient (Wildman–Crippen LogP) is -0.0518. The molecule has 6 nitrogen and oxygen atoms in total. The zero-order chi connectivity index (χ0) is 10.8. The second-order valence-corrected chi connectivity index (χ2v) is 2.75. The molecule has 7 heteroatoms. The highest BCUT2D eigenvalue weighted by Crippen LogP contribution is 2.12. The first-order valence-electron chi connectivity index (χ1n) is 4.00. The number of nitrogens with two attached hydrogens (primary N) is 1. The highest BCUT2D eigenvalue weighted by Gasteiger charge is 2.04. The first-order valence-corrected chi connectivity index (χ1v) is 4.00. The number of pyridine rings is 1. The third-order valence-electron chi connectivity index (χ3n) is 1.65. The fourth-order valence-electron chi connectivity index (χ4n) is 1.08. The smallest absolute Gasteiger partial charge is 0.349 e. The summed E-state index contributed by atoms with van der Waals surface area (Å²) in [5.74, 6) is -0.553. The Balaban J connectivity index is 2.59. The number of halogens is 1. The molecular weight excluding hydrogens is 201 g/mol. The van der Waals surface area contributed by atoms with Gasteiger partial charge >= 0.3 is 5.69 Å². The van der Waals surface area contributed by atoms with Crippen LogP contribution in [0.4, 0.5) is 10.3 Å². The summed E-state index contributed by atoms with van der Waals surface area (Å²) in [6.45, 7) is 0. The lowest BCUT2D eigenvalue weighted by Crippen LogP contribution is -2.15. The van der Waals surface area contributed by atoms with Gasteiger partial charge in [0.15, 0.2) is 0 Å². The molecule has 0 saturated heterocycles. The molecule has 0 fully saturated rings. The molecular formula is C8H6FN5O. The van der Waals surface area contributed by atoms with Gasteiger partial charge in [-0.1, -0.05) is 0 Å². The summed E-state index contributed by atoms with van der Waals surface area (Å²) < 4.78 is 12.8. The van der Waals surface area contributed by atoms with Gasteiger partial charge in [-0.15, -0.1) is 0 Å². The lowest BCUT2D eigenvalue weighted by molar-refractivity contribution is 0.621. The van der Waals surface area contributed by atoms with E-state index in [4.69, 9.17) is 5.73 Å². The van der Waals surface area contributed by atoms with Crippen LogP contribution in [-0.4, -0.2) is 19.9 Å². The second kappa shape index (κ2) is 3.45. The van der Waals surface area contributed by atoms with Crippen LogP contribution in [-0.2, 0) is 0 Å². The number of aromatic amines is 1. The Morgan fingerprint density at radius 1 is 1.33 bits per heavy atom. The molecule has 2 aromatic heterocycles. The Morgan fingerprint density at radius 2 is 2.13 bits per heavy atom. The highest BCUT2D eigenvalue weighted by atomic mass is 19.1. The molecule has 2 aromatic rings. The molecule has 0 aliphatic carbocycles. The van der Waals surface area contributed by atoms with Gasteiger partial charge in [-0.2, -0.15) is 9.97 Å². The molecule has 0 aliphatic heterocycles. The van der Waals surface area contributed by atoms with Gasteiger partial charge in [0.1, 0.15) is 11.6 Å². The zero-order valence-corrected chi connectivity index (χ0v) is 7.44. The average Bonchev–Trinajstić information content (AvgIpc) is 2.16. The monoisotopic (exact) mass is 207 g/mol. The fourth-order valence-corrected chi connectivity index (χ4v) is 1.08. The van der Waals surface area contributed by atoms with E-state index in [0.29, 0.717) is 5.56 Å². The quantitative estimate of drug-likeness (QED) is 0.683. The third kappa shape index (κ3) is 1.96. The second-order valence-electron chi connectivity index (χ2n) is 2.75. The number of nitrogens with zero attached hydrogens (tertiary/aromatic N) is 3. The van der Waals surface area contributed by atoms with Crippen LogP contribution in [0.5, 0.6) is 0 Å². The van der Waals surface area contributed by atoms with Crippen molar-refractivity contribution in [3.63, 3.8) is 0 Å². The van der Waals surface area contributed by atoms with Crippen molar-refractivity contribution in [1.82, 2.24) is 19.9 Å². The Hall–Kier alpha value is -2.31. The minimum atomic E-state index is -0.637. The Morgan fingerprint density at radius 3 is 2.80 bits per heavy atom. The Bertz CT molecular complexity index is 553. The molecule has 0 bridgehead atoms. The molecule has 0 aromatic carbocycles. The van der Waals surface area contributed by atoms with Crippen molar-refractivity contribution in [3.05, 3.63) is 34.8 Å². The molecule has 15 heavy (non-hydrogen) atoms. The number of H-pyrrole nitrogens is 1. The molecule has 76 valence electrons. The summed E-state index contributed by atoms with van der Waals surface area (Å²) in [4.78, 5) is 24.0. The van der Waals surface area contributed by atoms with E-state index >= 15 is 0 Å². The number of nitrogens with one attached hydrogen (secondary N) is 1. The van der Waals surface area contributed by atoms with Crippen LogP contribution >= 0.6 is 0 Å². The summed E-state index contributed by atoms with van der Waals surface area (Å²) in [7, 11) is 0. The zero-order valence-electron chi connectivity index (χ0n) is 7.44. The van der Waals surface area contributed by atoms with Crippen molar-refractivity contribution in [2.75, 3.05) is 5.73 Å². The number of aromatic nitrogens is 4. The lowest BCUT2D eigenvalue weighted by Gasteiger charge is -1.99. The van der Waals surface area contributed by atoms with Gasteiger partial charge in [0, 0.05) is 11.8 Å². The van der Waals surface area contributed by atoms with E-state index in [2.05, 4.69) is 19.9 Å². The van der Waals surface area contributed by atoms with Crippen LogP contribution in [0.15, 0.2) is 23.3 Å². The van der Waals surface area contributed by atoms with Gasteiger partial charge in [0.05, 0.1) is 6.20 Å². The van der Waals surface area contributed by atoms with Crippen molar-refractivity contribution in [2.45, 2.75) is 0 Å². The van der Waals surface area contributed by atoms with Crippen LogP contribution in [0.3, 0.4) is 0 Å². The first-order chi connectivity index (χ1) is 7.15. The summed E-state index contributed by atoms with van der Waals surface area (Å²) in [6, 6.07) is 1.19. The van der Waals surface area contributed by atoms with Gasteiger partial charge in [-0.25, -0.2) is 9.18 Å². The minimum Gasteiger partial charge on any atom is -0.368 e. The summed E-state index contributed by atoms with van der Waals surface area (Å²) in [6.07, 6.45) is 2.41. The van der Waals surface area contributed by atoms with Crippen LogP contribution < -0.4 is 11.4 Å². The number of rotatable bonds is 1. The Labute approximate surface area is 83.0 Å². The summed E-state index contributed by atoms with van der Waals surface area (Å²) >= 11 is 0. The molecule has 2 rings (SSSR count). The van der Waals surface area contributed by atoms with Gasteiger partial charge in [-0.3, -0.25) is 9.97 Å². The van der Waals surface area contributed by atoms with E-state index in [9.17, 15) is 9.18 Å². The minimum absolute atomic E-state index is 0.138. The SMILES string of the molecule is Nc1nc(-c2cncc(F)c2)[nH]c(=O)n1. The van der Waals surface area contributed by atoms with Gasteiger partial charge in [-0.05, 0) is 6.07 Å². The summed E-state index contributed by atoms with van der Waals surface area (Å²) in [5, 5.41) is 0. The van der Waals surface area contributed by atoms with Gasteiger partial charge in [0.2, 0.25) is 5.95 Å². The molecule has 0 atom stereocenters. The van der Waals surface area contributed by atoms with E-state index in [1.165, 1.54) is 12.3 Å². The number of anilines is 1. The van der Waals surface area contributed by atoms with Crippen LogP contribution in [0.2, 0.25) is 0 Å². The summed E-state index contributed by atoms with van der Waals surface area (Å²) in [5.41, 5.74) is 4.98. The number of hydrogen-bond donors (Lipinski definition) is 2. The van der Waals surface area contributed by atoms with Crippen molar-refractivity contribution < 1.29 is 4.39 Å². The van der Waals surface area contributed by atoms with Crippen molar-refractivity contribution in [3.8, 4) is 11.4 Å². The van der Waals surface area contributed by atoms with E-state index < -0.39 is 11.5 Å². The largest absolute Gasteiger partial charge is 0.368 e. The number of hydrogen-bond acceptors (Lipinski definition) is 5. The lowest BCUT2D eigenvalue weighted by atomic mass is 10.3. The standard InChI is InChI=1S/C8H6FN5O/c9-5-1-4(2-11-3-5)6-12-7(10)14-8(15)13-6/h1-3H,(H3,10,12,13,14,15). The van der Waals surface area contributed by atoms with Crippen LogP contribution in [0.25, 0.3) is 11.4 Å². The maximum absolute atomic E-state index is 12.8. The van der Waals surface area contributed by atoms with Crippen LogP contribution in [0, 0.1) is 5.82 Å². The molecule has 0 unspecified atom stereocenters. The molecule has 2 heterocycles. The third-order valence-corrected chi connectivity index (χ3v) is 1.65. The van der Waals surface area contributed by atoms with Gasteiger partial charge in [0.25, 0.3) is 0 Å². The Kier molecular flexibility index (Phi) is 2.13. The fraction of sp³-hybridized carbons (Fsp3) is 0. The van der Waals surface area contributed by atoms with Gasteiger partial charge < -0.3 is 5.73 Å². The molecule has 3 N–H and O–H groups in total. The molecule has 0 saturated carbocycles. The normalized spacial score (nSPS) is 10.2. The topological polar surface area (TPSA) is 97.5 Å². The maximum Gasteiger partial charge on any atom is 0.349 e. The van der Waals surface area contributed by atoms with E-state index in [0.717, 1.165) is 6.20 Å². The average molecular weight is 207 g/mol. The van der Waals surface area contributed by atoms with Crippen LogP contribution in [0.1, 0.15) is 0 Å². The molecule has 0 spiro atoms. The van der Waals surface area contributed by atoms with E-state index in [1.54, 1.807) is 0 Å². The van der Waals surface area contributed by atoms with Crippen molar-refractivity contribution in [1.29, 1.82) is 0 Å². The number of nitrogen functional groups attached to an aromatic ring is 1. The van der Waals surface area contributed by atoms with E-state index in [1.807, 2.05) is 0 Å². The maximum atomic E-state index is 12.8. The van der Waals surface area contributed by atoms with Crippen molar-refractivity contribution in [2.24, 2.45) is 0 Å².